The van der Waals surface area contributed by atoms with Crippen LogP contribution in [0.1, 0.15) is 10.4 Å². The van der Waals surface area contributed by atoms with Crippen LogP contribution in [0, 0.1) is 0 Å². The number of methoxy groups -OCH3 is 1. The van der Waals surface area contributed by atoms with Crippen molar-refractivity contribution in [1.29, 1.82) is 0 Å². The van der Waals surface area contributed by atoms with Crippen molar-refractivity contribution >= 4 is 28.5 Å². The third-order valence-corrected chi connectivity index (χ3v) is 5.96. The number of hydrogen-bond acceptors (Lipinski definition) is 4. The first-order valence-corrected chi connectivity index (χ1v) is 10.8. The van der Waals surface area contributed by atoms with E-state index < -0.39 is 0 Å². The Labute approximate surface area is 190 Å². The predicted molar refractivity (Wildman–Crippen MR) is 125 cm³/mol. The zero-order valence-corrected chi connectivity index (χ0v) is 18.4. The van der Waals surface area contributed by atoms with E-state index in [1.54, 1.807) is 13.2 Å². The van der Waals surface area contributed by atoms with Crippen molar-refractivity contribution in [3.8, 4) is 28.0 Å². The van der Waals surface area contributed by atoms with E-state index in [2.05, 4.69) is 16.0 Å². The van der Waals surface area contributed by atoms with E-state index in [1.165, 1.54) is 0 Å². The van der Waals surface area contributed by atoms with E-state index in [0.29, 0.717) is 42.6 Å². The number of nitrogens with zero attached hydrogens (tertiary/aromatic N) is 2. The van der Waals surface area contributed by atoms with Gasteiger partial charge in [0, 0.05) is 58.1 Å². The molecule has 0 radical (unpaired) electrons. The van der Waals surface area contributed by atoms with Gasteiger partial charge < -0.3 is 19.4 Å². The maximum absolute atomic E-state index is 12.9. The fourth-order valence-electron chi connectivity index (χ4n) is 4.05. The van der Waals surface area contributed by atoms with Crippen molar-refractivity contribution in [1.82, 2.24) is 14.9 Å². The first kappa shape index (κ1) is 20.5. The number of benzene rings is 2. The summed E-state index contributed by atoms with van der Waals surface area (Å²) in [7, 11) is 1.63. The maximum atomic E-state index is 12.9. The molecule has 2 aromatic heterocycles. The van der Waals surface area contributed by atoms with Crippen LogP contribution in [0.3, 0.4) is 0 Å². The number of ether oxygens (including phenoxy) is 2. The second-order valence-electron chi connectivity index (χ2n) is 7.65. The van der Waals surface area contributed by atoms with Crippen molar-refractivity contribution in [3.63, 3.8) is 0 Å². The summed E-state index contributed by atoms with van der Waals surface area (Å²) in [6.07, 6.45) is 3.74. The second kappa shape index (κ2) is 8.65. The molecule has 0 saturated carbocycles. The van der Waals surface area contributed by atoms with Gasteiger partial charge in [-0.3, -0.25) is 4.79 Å². The molecular formula is C25H22ClN3O3. The third-order valence-electron chi connectivity index (χ3n) is 5.73. The van der Waals surface area contributed by atoms with Crippen molar-refractivity contribution in [2.45, 2.75) is 0 Å². The van der Waals surface area contributed by atoms with Crippen LogP contribution in [0.4, 0.5) is 0 Å². The average Bonchev–Trinajstić information content (AvgIpc) is 3.27. The van der Waals surface area contributed by atoms with Crippen LogP contribution < -0.4 is 4.74 Å². The van der Waals surface area contributed by atoms with Gasteiger partial charge in [-0.25, -0.2) is 4.98 Å². The number of amides is 1. The molecule has 4 aromatic rings. The number of hydrogen-bond donors (Lipinski definition) is 1. The van der Waals surface area contributed by atoms with E-state index in [9.17, 15) is 4.79 Å². The number of morpholine rings is 1. The highest BCUT2D eigenvalue weighted by atomic mass is 35.5. The Bertz CT molecular complexity index is 1290. The molecule has 1 aliphatic heterocycles. The lowest BCUT2D eigenvalue weighted by Gasteiger charge is -2.27. The molecule has 1 N–H and O–H groups in total. The zero-order chi connectivity index (χ0) is 22.1. The second-order valence-corrected chi connectivity index (χ2v) is 8.09. The highest BCUT2D eigenvalue weighted by Gasteiger charge is 2.19. The molecule has 32 heavy (non-hydrogen) atoms. The van der Waals surface area contributed by atoms with Gasteiger partial charge in [-0.05, 0) is 42.0 Å². The maximum Gasteiger partial charge on any atom is 0.254 e. The van der Waals surface area contributed by atoms with Crippen molar-refractivity contribution in [2.24, 2.45) is 0 Å². The number of rotatable bonds is 4. The predicted octanol–water partition coefficient (Wildman–Crippen LogP) is 5.03. The smallest absolute Gasteiger partial charge is 0.254 e. The Kier molecular flexibility index (Phi) is 5.55. The summed E-state index contributed by atoms with van der Waals surface area (Å²) in [6, 6.07) is 15.4. The van der Waals surface area contributed by atoms with Crippen LogP contribution in [0.5, 0.6) is 5.75 Å². The molecule has 162 valence electrons. The number of aromatic amines is 1. The van der Waals surface area contributed by atoms with Gasteiger partial charge in [-0.1, -0.05) is 23.7 Å². The molecule has 0 atom stereocenters. The van der Waals surface area contributed by atoms with Gasteiger partial charge in [0.2, 0.25) is 0 Å². The van der Waals surface area contributed by atoms with Gasteiger partial charge in [-0.2, -0.15) is 0 Å². The first-order chi connectivity index (χ1) is 15.6. The molecule has 0 unspecified atom stereocenters. The molecule has 3 heterocycles. The van der Waals surface area contributed by atoms with Crippen molar-refractivity contribution < 1.29 is 14.3 Å². The van der Waals surface area contributed by atoms with Crippen LogP contribution in [-0.4, -0.2) is 54.2 Å². The van der Waals surface area contributed by atoms with Crippen LogP contribution in [-0.2, 0) is 4.74 Å². The molecule has 6 nitrogen and oxygen atoms in total. The summed E-state index contributed by atoms with van der Waals surface area (Å²) in [5, 5.41) is 1.58. The first-order valence-electron chi connectivity index (χ1n) is 10.4. The van der Waals surface area contributed by atoms with Crippen LogP contribution in [0.2, 0.25) is 5.02 Å². The quantitative estimate of drug-likeness (QED) is 0.476. The molecule has 1 amide bonds. The average molecular weight is 448 g/mol. The summed E-state index contributed by atoms with van der Waals surface area (Å²) >= 11 is 6.14. The Hall–Kier alpha value is -3.35. The molecule has 7 heteroatoms. The Balaban J connectivity index is 1.53. The molecule has 1 fully saturated rings. The van der Waals surface area contributed by atoms with Gasteiger partial charge >= 0.3 is 0 Å². The monoisotopic (exact) mass is 447 g/mol. The summed E-state index contributed by atoms with van der Waals surface area (Å²) in [5.41, 5.74) is 5.22. The van der Waals surface area contributed by atoms with Crippen molar-refractivity contribution in [3.05, 3.63) is 71.5 Å². The number of aromatic nitrogens is 2. The van der Waals surface area contributed by atoms with Gasteiger partial charge in [0.25, 0.3) is 5.91 Å². The molecule has 1 aliphatic rings. The minimum Gasteiger partial charge on any atom is -0.496 e. The van der Waals surface area contributed by atoms with Crippen LogP contribution >= 0.6 is 11.6 Å². The number of nitrogens with one attached hydrogen (secondary N) is 1. The van der Waals surface area contributed by atoms with E-state index in [4.69, 9.17) is 21.1 Å². The van der Waals surface area contributed by atoms with E-state index in [-0.39, 0.29) is 5.91 Å². The summed E-state index contributed by atoms with van der Waals surface area (Å²) in [6.45, 7) is 2.39. The molecule has 0 aliphatic carbocycles. The molecule has 1 saturated heterocycles. The van der Waals surface area contributed by atoms with Crippen LogP contribution in [0.15, 0.2) is 60.9 Å². The van der Waals surface area contributed by atoms with Gasteiger partial charge in [0.1, 0.15) is 11.4 Å². The highest BCUT2D eigenvalue weighted by molar-refractivity contribution is 6.30. The number of pyridine rings is 1. The Morgan fingerprint density at radius 3 is 2.75 bits per heavy atom. The van der Waals surface area contributed by atoms with Gasteiger partial charge in [-0.15, -0.1) is 0 Å². The summed E-state index contributed by atoms with van der Waals surface area (Å²) < 4.78 is 10.9. The molecular weight excluding hydrogens is 426 g/mol. The zero-order valence-electron chi connectivity index (χ0n) is 17.6. The largest absolute Gasteiger partial charge is 0.496 e. The molecule has 0 spiro atoms. The third kappa shape index (κ3) is 3.83. The molecule has 5 rings (SSSR count). The lowest BCUT2D eigenvalue weighted by molar-refractivity contribution is 0.0303. The number of carbonyl (C=O) groups excluding carboxylic acids is 1. The molecule has 2 aromatic carbocycles. The van der Waals surface area contributed by atoms with Gasteiger partial charge in [0.15, 0.2) is 0 Å². The number of H-pyrrole nitrogens is 1. The lowest BCUT2D eigenvalue weighted by atomic mass is 10.00. The topological polar surface area (TPSA) is 67.5 Å². The number of carbonyl (C=O) groups is 1. The summed E-state index contributed by atoms with van der Waals surface area (Å²) in [4.78, 5) is 22.6. The molecule has 0 bridgehead atoms. The van der Waals surface area contributed by atoms with E-state index in [0.717, 1.165) is 33.3 Å². The lowest BCUT2D eigenvalue weighted by Crippen LogP contribution is -2.40. The van der Waals surface area contributed by atoms with Crippen LogP contribution in [0.25, 0.3) is 33.3 Å². The number of fused-ring (bicyclic) bond motifs is 1. The Morgan fingerprint density at radius 1 is 1.09 bits per heavy atom. The highest BCUT2D eigenvalue weighted by Crippen LogP contribution is 2.37. The fourth-order valence-corrected chi connectivity index (χ4v) is 4.21. The standard InChI is InChI=1S/C25H22ClN3O3/c1-31-23-13-19(26)5-6-20(23)22-15-28-24-21(22)12-18(14-27-24)16-3-2-4-17(11-16)25(30)29-7-9-32-10-8-29/h2-6,11-15H,7-10H2,1H3,(H,27,28). The minimum absolute atomic E-state index is 0.0254. The van der Waals surface area contributed by atoms with E-state index >= 15 is 0 Å². The van der Waals surface area contributed by atoms with E-state index in [1.807, 2.05) is 53.7 Å². The van der Waals surface area contributed by atoms with Crippen molar-refractivity contribution in [2.75, 3.05) is 33.4 Å². The minimum atomic E-state index is 0.0254. The Morgan fingerprint density at radius 2 is 1.94 bits per heavy atom. The summed E-state index contributed by atoms with van der Waals surface area (Å²) in [5.74, 6) is 0.722. The normalized spacial score (nSPS) is 14.0. The van der Waals surface area contributed by atoms with Gasteiger partial charge in [0.05, 0.1) is 20.3 Å². The fraction of sp³-hybridized carbons (Fsp3) is 0.200. The number of halogens is 1. The SMILES string of the molecule is COc1cc(Cl)ccc1-c1c[nH]c2ncc(-c3cccc(C(=O)N4CCOCC4)c3)cc12.